The number of nitrogens with one attached hydrogen (secondary N) is 1. The fraction of sp³-hybridized carbons (Fsp3) is 1.00. The second-order valence-electron chi connectivity index (χ2n) is 4.28. The van der Waals surface area contributed by atoms with Gasteiger partial charge in [0.2, 0.25) is 0 Å². The molecule has 3 nitrogen and oxygen atoms in total. The Morgan fingerprint density at radius 2 is 1.92 bits per heavy atom. The quantitative estimate of drug-likeness (QED) is 0.508. The van der Waals surface area contributed by atoms with Crippen molar-refractivity contribution < 1.29 is 4.65 Å². The van der Waals surface area contributed by atoms with Gasteiger partial charge >= 0.3 is 0 Å². The molecule has 1 fully saturated rings. The van der Waals surface area contributed by atoms with E-state index < -0.39 is 0 Å². The number of hydrogen-bond acceptors (Lipinski definition) is 2. The van der Waals surface area contributed by atoms with E-state index in [1.54, 1.807) is 14.1 Å². The molecule has 0 atom stereocenters. The zero-order valence-corrected chi connectivity index (χ0v) is 8.18. The van der Waals surface area contributed by atoms with Crippen molar-refractivity contribution in [1.82, 2.24) is 5.32 Å². The first kappa shape index (κ1) is 9.96. The highest BCUT2D eigenvalue weighted by Gasteiger charge is 2.14. The maximum atomic E-state index is 11.3. The van der Waals surface area contributed by atoms with Crippen LogP contribution in [0, 0.1) is 11.1 Å². The minimum Gasteiger partial charge on any atom is -0.633 e. The van der Waals surface area contributed by atoms with Crippen LogP contribution < -0.4 is 5.32 Å². The molecule has 0 aromatic carbocycles. The summed E-state index contributed by atoms with van der Waals surface area (Å²) in [5.74, 6) is 0.789. The molecule has 3 heteroatoms. The van der Waals surface area contributed by atoms with Crippen LogP contribution in [0.15, 0.2) is 0 Å². The highest BCUT2D eigenvalue weighted by Crippen LogP contribution is 2.16. The summed E-state index contributed by atoms with van der Waals surface area (Å²) in [5.41, 5.74) is 0. The Balaban J connectivity index is 2.13. The van der Waals surface area contributed by atoms with Gasteiger partial charge in [0.1, 0.15) is 0 Å². The Kier molecular flexibility index (Phi) is 3.50. The highest BCUT2D eigenvalue weighted by molar-refractivity contribution is 4.67. The third kappa shape index (κ3) is 4.04. The van der Waals surface area contributed by atoms with E-state index in [-0.39, 0.29) is 4.65 Å². The smallest absolute Gasteiger partial charge is 0.0782 e. The average Bonchev–Trinajstić information content (AvgIpc) is 2.02. The Labute approximate surface area is 74.9 Å². The van der Waals surface area contributed by atoms with Crippen molar-refractivity contribution in [2.24, 2.45) is 5.92 Å². The van der Waals surface area contributed by atoms with Crippen LogP contribution >= 0.6 is 0 Å². The van der Waals surface area contributed by atoms with E-state index in [0.717, 1.165) is 32.0 Å². The summed E-state index contributed by atoms with van der Waals surface area (Å²) in [4.78, 5) is 0. The van der Waals surface area contributed by atoms with Gasteiger partial charge in [0, 0.05) is 0 Å². The largest absolute Gasteiger partial charge is 0.633 e. The monoisotopic (exact) mass is 172 g/mol. The lowest BCUT2D eigenvalue weighted by molar-refractivity contribution is -0.840. The molecule has 1 aliphatic heterocycles. The van der Waals surface area contributed by atoms with Crippen LogP contribution in [0.1, 0.15) is 19.3 Å². The fourth-order valence-corrected chi connectivity index (χ4v) is 1.66. The van der Waals surface area contributed by atoms with Crippen molar-refractivity contribution >= 4 is 0 Å². The van der Waals surface area contributed by atoms with Gasteiger partial charge in [0.15, 0.2) is 0 Å². The molecule has 0 aliphatic carbocycles. The van der Waals surface area contributed by atoms with Crippen molar-refractivity contribution in [3.8, 4) is 0 Å². The molecule has 0 spiro atoms. The Hall–Kier alpha value is -0.120. The minimum absolute atomic E-state index is 0.135. The van der Waals surface area contributed by atoms with E-state index >= 15 is 0 Å². The molecule has 1 aliphatic rings. The SMILES string of the molecule is C[N+](C)([O-])CCC1CCNCC1. The van der Waals surface area contributed by atoms with Crippen LogP contribution in [0.25, 0.3) is 0 Å². The van der Waals surface area contributed by atoms with E-state index in [1.165, 1.54) is 12.8 Å². The van der Waals surface area contributed by atoms with E-state index in [4.69, 9.17) is 0 Å². The van der Waals surface area contributed by atoms with Gasteiger partial charge in [-0.05, 0) is 38.3 Å². The summed E-state index contributed by atoms with van der Waals surface area (Å²) < 4.78 is -0.135. The van der Waals surface area contributed by atoms with Gasteiger partial charge in [-0.2, -0.15) is 0 Å². The maximum absolute atomic E-state index is 11.3. The van der Waals surface area contributed by atoms with E-state index in [0.29, 0.717) is 0 Å². The number of quaternary nitrogens is 1. The van der Waals surface area contributed by atoms with Gasteiger partial charge in [-0.25, -0.2) is 0 Å². The Morgan fingerprint density at radius 3 is 2.42 bits per heavy atom. The molecule has 0 aromatic heterocycles. The maximum Gasteiger partial charge on any atom is 0.0782 e. The lowest BCUT2D eigenvalue weighted by atomic mass is 9.94. The van der Waals surface area contributed by atoms with Gasteiger partial charge in [0.25, 0.3) is 0 Å². The van der Waals surface area contributed by atoms with Gasteiger partial charge < -0.3 is 15.2 Å². The molecular weight excluding hydrogens is 152 g/mol. The minimum atomic E-state index is -0.135. The van der Waals surface area contributed by atoms with E-state index in [1.807, 2.05) is 0 Å². The molecular formula is C9H20N2O. The van der Waals surface area contributed by atoms with Crippen LogP contribution in [0.4, 0.5) is 0 Å². The number of rotatable bonds is 3. The highest BCUT2D eigenvalue weighted by atomic mass is 16.5. The molecule has 1 saturated heterocycles. The predicted molar refractivity (Wildman–Crippen MR) is 50.6 cm³/mol. The van der Waals surface area contributed by atoms with Crippen molar-refractivity contribution in [2.45, 2.75) is 19.3 Å². The zero-order valence-electron chi connectivity index (χ0n) is 8.18. The van der Waals surface area contributed by atoms with Crippen LogP contribution in [0.5, 0.6) is 0 Å². The molecule has 1 rings (SSSR count). The van der Waals surface area contributed by atoms with Crippen molar-refractivity contribution in [3.05, 3.63) is 5.21 Å². The summed E-state index contributed by atoms with van der Waals surface area (Å²) in [6, 6.07) is 0. The third-order valence-electron chi connectivity index (χ3n) is 2.53. The molecule has 12 heavy (non-hydrogen) atoms. The molecule has 0 saturated carbocycles. The molecule has 1 heterocycles. The fourth-order valence-electron chi connectivity index (χ4n) is 1.66. The lowest BCUT2D eigenvalue weighted by Gasteiger charge is -2.35. The number of piperidine rings is 1. The van der Waals surface area contributed by atoms with Crippen molar-refractivity contribution in [2.75, 3.05) is 33.7 Å². The van der Waals surface area contributed by atoms with Crippen LogP contribution in [-0.4, -0.2) is 38.4 Å². The number of hydroxylamine groups is 3. The van der Waals surface area contributed by atoms with Gasteiger partial charge in [-0.15, -0.1) is 0 Å². The lowest BCUT2D eigenvalue weighted by Crippen LogP contribution is -2.36. The molecule has 72 valence electrons. The predicted octanol–water partition coefficient (Wildman–Crippen LogP) is 0.950. The molecule has 0 aromatic rings. The van der Waals surface area contributed by atoms with Gasteiger partial charge in [-0.1, -0.05) is 0 Å². The zero-order chi connectivity index (χ0) is 9.03. The summed E-state index contributed by atoms with van der Waals surface area (Å²) >= 11 is 0. The standard InChI is InChI=1S/C9H20N2O/c1-11(2,12)8-5-9-3-6-10-7-4-9/h9-10H,3-8H2,1-2H3. The van der Waals surface area contributed by atoms with Gasteiger partial charge in [0.05, 0.1) is 20.6 Å². The number of hydrogen-bond donors (Lipinski definition) is 1. The molecule has 0 unspecified atom stereocenters. The van der Waals surface area contributed by atoms with Crippen molar-refractivity contribution in [1.29, 1.82) is 0 Å². The summed E-state index contributed by atoms with van der Waals surface area (Å²) in [6.45, 7) is 3.04. The number of nitrogens with zero attached hydrogens (tertiary/aromatic N) is 1. The van der Waals surface area contributed by atoms with Crippen LogP contribution in [0.3, 0.4) is 0 Å². The Bertz CT molecular complexity index is 125. The molecule has 1 N–H and O–H groups in total. The Morgan fingerprint density at radius 1 is 1.33 bits per heavy atom. The first-order chi connectivity index (χ1) is 5.58. The topological polar surface area (TPSA) is 35.1 Å². The molecule has 0 bridgehead atoms. The second-order valence-corrected chi connectivity index (χ2v) is 4.28. The summed E-state index contributed by atoms with van der Waals surface area (Å²) in [6.07, 6.45) is 3.60. The first-order valence-corrected chi connectivity index (χ1v) is 4.83. The summed E-state index contributed by atoms with van der Waals surface area (Å²) in [5, 5.41) is 14.6. The third-order valence-corrected chi connectivity index (χ3v) is 2.53. The first-order valence-electron chi connectivity index (χ1n) is 4.83. The molecule has 0 radical (unpaired) electrons. The summed E-state index contributed by atoms with van der Waals surface area (Å²) in [7, 11) is 3.45. The normalized spacial score (nSPS) is 21.2. The van der Waals surface area contributed by atoms with Crippen molar-refractivity contribution in [3.63, 3.8) is 0 Å². The second kappa shape index (κ2) is 4.21. The van der Waals surface area contributed by atoms with Crippen LogP contribution in [0.2, 0.25) is 0 Å². The van der Waals surface area contributed by atoms with E-state index in [2.05, 4.69) is 5.32 Å². The van der Waals surface area contributed by atoms with E-state index in [9.17, 15) is 5.21 Å². The average molecular weight is 172 g/mol. The van der Waals surface area contributed by atoms with Crippen LogP contribution in [-0.2, 0) is 0 Å². The molecule has 0 amide bonds. The van der Waals surface area contributed by atoms with Gasteiger partial charge in [-0.3, -0.25) is 0 Å².